The van der Waals surface area contributed by atoms with Crippen LogP contribution in [-0.4, -0.2) is 32.0 Å². The number of hydrogen-bond acceptors (Lipinski definition) is 7. The molecule has 1 aromatic heterocycles. The Balaban J connectivity index is 2.79. The molecule has 0 saturated carbocycles. The molecule has 9 heteroatoms. The van der Waals surface area contributed by atoms with Gasteiger partial charge in [-0.15, -0.1) is 0 Å². The number of nitro groups is 1. The molecule has 0 radical (unpaired) electrons. The molecule has 0 aliphatic carbocycles. The van der Waals surface area contributed by atoms with Crippen molar-refractivity contribution in [2.24, 2.45) is 4.36 Å². The van der Waals surface area contributed by atoms with Crippen molar-refractivity contribution >= 4 is 32.1 Å². The Morgan fingerprint density at radius 2 is 2.00 bits per heavy atom. The Morgan fingerprint density at radius 3 is 2.59 bits per heavy atom. The number of nitro benzene ring substituents is 1. The average molecular weight is 256 g/mol. The summed E-state index contributed by atoms with van der Waals surface area (Å²) in [4.78, 5) is 10.1. The standard InChI is InChI=1S/C8H8N4O4S/c1-17(2,15)11-5-3-4-6(12(13)14)8-7(5)9-16-10-8/h3-4H,1-2H3. The molecule has 17 heavy (non-hydrogen) atoms. The molecule has 2 rings (SSSR count). The number of nitrogens with zero attached hydrogens (tertiary/aromatic N) is 4. The number of fused-ring (bicyclic) bond motifs is 1. The topological polar surface area (TPSA) is 111 Å². The maximum Gasteiger partial charge on any atom is 0.300 e. The summed E-state index contributed by atoms with van der Waals surface area (Å²) in [6.07, 6.45) is 2.90. The van der Waals surface area contributed by atoms with Gasteiger partial charge in [0.2, 0.25) is 5.52 Å². The van der Waals surface area contributed by atoms with E-state index in [1.807, 2.05) is 0 Å². The predicted molar refractivity (Wildman–Crippen MR) is 60.5 cm³/mol. The van der Waals surface area contributed by atoms with Crippen LogP contribution in [0.5, 0.6) is 0 Å². The van der Waals surface area contributed by atoms with Crippen molar-refractivity contribution in [2.75, 3.05) is 12.5 Å². The second-order valence-electron chi connectivity index (χ2n) is 3.59. The van der Waals surface area contributed by atoms with Crippen LogP contribution in [0.4, 0.5) is 11.4 Å². The van der Waals surface area contributed by atoms with E-state index >= 15 is 0 Å². The summed E-state index contributed by atoms with van der Waals surface area (Å²) >= 11 is 0. The van der Waals surface area contributed by atoms with Gasteiger partial charge in [0.1, 0.15) is 5.69 Å². The number of benzene rings is 1. The second-order valence-corrected chi connectivity index (χ2v) is 6.14. The maximum atomic E-state index is 11.6. The lowest BCUT2D eigenvalue weighted by Crippen LogP contribution is -1.91. The van der Waals surface area contributed by atoms with Crippen LogP contribution in [0.2, 0.25) is 0 Å². The van der Waals surface area contributed by atoms with Crippen LogP contribution >= 0.6 is 0 Å². The van der Waals surface area contributed by atoms with Gasteiger partial charge >= 0.3 is 5.69 Å². The van der Waals surface area contributed by atoms with Crippen molar-refractivity contribution < 1.29 is 13.8 Å². The van der Waals surface area contributed by atoms with Gasteiger partial charge in [-0.2, -0.15) is 4.36 Å². The van der Waals surface area contributed by atoms with E-state index in [-0.39, 0.29) is 22.4 Å². The fourth-order valence-corrected chi connectivity index (χ4v) is 1.92. The Hall–Kier alpha value is -2.03. The first-order valence-corrected chi connectivity index (χ1v) is 6.78. The highest BCUT2D eigenvalue weighted by molar-refractivity contribution is 7.92. The van der Waals surface area contributed by atoms with E-state index in [4.69, 9.17) is 0 Å². The SMILES string of the molecule is CS(C)(=O)=Nc1ccc([N+](=O)[O-])c2nonc12. The van der Waals surface area contributed by atoms with E-state index in [0.29, 0.717) is 0 Å². The van der Waals surface area contributed by atoms with Crippen molar-refractivity contribution in [3.63, 3.8) is 0 Å². The summed E-state index contributed by atoms with van der Waals surface area (Å²) in [7, 11) is -2.38. The summed E-state index contributed by atoms with van der Waals surface area (Å²) in [5, 5.41) is 17.7. The van der Waals surface area contributed by atoms with Gasteiger partial charge in [0.15, 0.2) is 5.52 Å². The van der Waals surface area contributed by atoms with Gasteiger partial charge in [-0.05, 0) is 16.4 Å². The summed E-state index contributed by atoms with van der Waals surface area (Å²) in [6.45, 7) is 0. The molecule has 8 nitrogen and oxygen atoms in total. The average Bonchev–Trinajstić information content (AvgIpc) is 2.63. The van der Waals surface area contributed by atoms with E-state index in [9.17, 15) is 14.3 Å². The molecule has 0 unspecified atom stereocenters. The highest BCUT2D eigenvalue weighted by Crippen LogP contribution is 2.30. The van der Waals surface area contributed by atoms with Crippen molar-refractivity contribution in [1.82, 2.24) is 10.3 Å². The second kappa shape index (κ2) is 3.77. The zero-order valence-electron chi connectivity index (χ0n) is 8.98. The third kappa shape index (κ3) is 2.23. The monoisotopic (exact) mass is 256 g/mol. The lowest BCUT2D eigenvalue weighted by atomic mass is 10.2. The summed E-state index contributed by atoms with van der Waals surface area (Å²) in [6, 6.07) is 2.61. The molecule has 2 aromatic rings. The zero-order chi connectivity index (χ0) is 12.6. The van der Waals surface area contributed by atoms with E-state index < -0.39 is 14.7 Å². The van der Waals surface area contributed by atoms with Crippen LogP contribution in [0.3, 0.4) is 0 Å². The third-order valence-corrected chi connectivity index (χ3v) is 2.52. The molecule has 0 saturated heterocycles. The minimum absolute atomic E-state index is 0.0000926. The summed E-state index contributed by atoms with van der Waals surface area (Å²) in [5.74, 6) is 0. The van der Waals surface area contributed by atoms with Gasteiger partial charge in [-0.1, -0.05) is 0 Å². The smallest absolute Gasteiger partial charge is 0.258 e. The molecule has 0 atom stereocenters. The first-order valence-electron chi connectivity index (χ1n) is 4.45. The van der Waals surface area contributed by atoms with Gasteiger partial charge in [0.05, 0.1) is 4.92 Å². The van der Waals surface area contributed by atoms with E-state index in [2.05, 4.69) is 19.3 Å². The molecule has 90 valence electrons. The van der Waals surface area contributed by atoms with Gasteiger partial charge in [0.25, 0.3) is 0 Å². The minimum atomic E-state index is -2.38. The highest BCUT2D eigenvalue weighted by Gasteiger charge is 2.19. The zero-order valence-corrected chi connectivity index (χ0v) is 9.80. The van der Waals surface area contributed by atoms with Crippen molar-refractivity contribution in [2.45, 2.75) is 0 Å². The Bertz CT molecular complexity index is 705. The number of hydrogen-bond donors (Lipinski definition) is 0. The van der Waals surface area contributed by atoms with Crippen LogP contribution in [0.25, 0.3) is 11.0 Å². The summed E-state index contributed by atoms with van der Waals surface area (Å²) < 4.78 is 19.9. The lowest BCUT2D eigenvalue weighted by molar-refractivity contribution is -0.383. The number of rotatable bonds is 2. The predicted octanol–water partition coefficient (Wildman–Crippen LogP) is 1.49. The van der Waals surface area contributed by atoms with Gasteiger partial charge in [-0.25, -0.2) is 8.84 Å². The van der Waals surface area contributed by atoms with Crippen molar-refractivity contribution in [3.05, 3.63) is 22.2 Å². The van der Waals surface area contributed by atoms with E-state index in [1.54, 1.807) is 0 Å². The largest absolute Gasteiger partial charge is 0.300 e. The quantitative estimate of drug-likeness (QED) is 0.594. The van der Waals surface area contributed by atoms with Crippen LogP contribution in [-0.2, 0) is 9.73 Å². The molecule has 0 aliphatic rings. The van der Waals surface area contributed by atoms with Crippen LogP contribution in [0.15, 0.2) is 21.1 Å². The molecule has 0 bridgehead atoms. The normalized spacial score (nSPS) is 11.6. The molecule has 0 amide bonds. The first-order chi connectivity index (χ1) is 7.88. The molecule has 1 aromatic carbocycles. The molecule has 1 heterocycles. The van der Waals surface area contributed by atoms with Crippen molar-refractivity contribution in [3.8, 4) is 0 Å². The molecular weight excluding hydrogens is 248 g/mol. The summed E-state index contributed by atoms with van der Waals surface area (Å²) in [5.41, 5.74) is 0.177. The van der Waals surface area contributed by atoms with Crippen LogP contribution in [0.1, 0.15) is 0 Å². The molecule has 0 aliphatic heterocycles. The van der Waals surface area contributed by atoms with Gasteiger partial charge in [-0.3, -0.25) is 10.1 Å². The fraction of sp³-hybridized carbons (Fsp3) is 0.250. The van der Waals surface area contributed by atoms with Crippen LogP contribution < -0.4 is 0 Å². The Morgan fingerprint density at radius 1 is 1.35 bits per heavy atom. The maximum absolute atomic E-state index is 11.6. The van der Waals surface area contributed by atoms with Crippen molar-refractivity contribution in [1.29, 1.82) is 0 Å². The molecule has 0 fully saturated rings. The lowest BCUT2D eigenvalue weighted by Gasteiger charge is -1.97. The molecule has 0 N–H and O–H groups in total. The number of non-ortho nitro benzene ring substituents is 1. The fourth-order valence-electron chi connectivity index (χ4n) is 1.30. The highest BCUT2D eigenvalue weighted by atomic mass is 32.2. The van der Waals surface area contributed by atoms with Crippen LogP contribution in [0, 0.1) is 10.1 Å². The first kappa shape index (κ1) is 11.5. The number of aromatic nitrogens is 2. The van der Waals surface area contributed by atoms with Gasteiger partial charge in [0, 0.05) is 28.3 Å². The third-order valence-electron chi connectivity index (χ3n) is 1.89. The van der Waals surface area contributed by atoms with E-state index in [1.165, 1.54) is 24.6 Å². The Kier molecular flexibility index (Phi) is 2.54. The van der Waals surface area contributed by atoms with E-state index in [0.717, 1.165) is 0 Å². The minimum Gasteiger partial charge on any atom is -0.258 e. The molecule has 0 spiro atoms. The Labute approximate surface area is 95.9 Å². The molecular formula is C8H8N4O4S. The van der Waals surface area contributed by atoms with Gasteiger partial charge < -0.3 is 0 Å².